The molecule has 2 rings (SSSR count). The highest BCUT2D eigenvalue weighted by atomic mass is 19.3. The lowest BCUT2D eigenvalue weighted by atomic mass is 10.2. The van der Waals surface area contributed by atoms with Gasteiger partial charge in [-0.05, 0) is 30.9 Å². The summed E-state index contributed by atoms with van der Waals surface area (Å²) in [5.74, 6) is 0.399. The van der Waals surface area contributed by atoms with Crippen molar-refractivity contribution < 1.29 is 17.9 Å². The molecule has 0 bridgehead atoms. The summed E-state index contributed by atoms with van der Waals surface area (Å²) in [4.78, 5) is 4.01. The van der Waals surface area contributed by atoms with Gasteiger partial charge >= 0.3 is 6.61 Å². The molecule has 0 spiro atoms. The number of nitrogens with one attached hydrogen (secondary N) is 2. The van der Waals surface area contributed by atoms with E-state index in [1.807, 2.05) is 0 Å². The Balaban J connectivity index is 1.96. The van der Waals surface area contributed by atoms with Gasteiger partial charge in [0.1, 0.15) is 11.6 Å². The second kappa shape index (κ2) is 7.19. The summed E-state index contributed by atoms with van der Waals surface area (Å²) in [6, 6.07) is 3.85. The molecule has 1 fully saturated rings. The number of benzene rings is 1. The Bertz CT molecular complexity index is 504. The second-order valence-corrected chi connectivity index (χ2v) is 4.85. The van der Waals surface area contributed by atoms with Crippen molar-refractivity contribution >= 4 is 5.96 Å². The maximum atomic E-state index is 13.8. The predicted molar refractivity (Wildman–Crippen MR) is 74.0 cm³/mol. The highest BCUT2D eigenvalue weighted by Gasteiger charge is 2.21. The van der Waals surface area contributed by atoms with Crippen molar-refractivity contribution in [2.75, 3.05) is 13.6 Å². The number of rotatable bonds is 6. The first-order valence-electron chi connectivity index (χ1n) is 6.77. The van der Waals surface area contributed by atoms with Crippen molar-refractivity contribution in [2.24, 2.45) is 10.9 Å². The van der Waals surface area contributed by atoms with E-state index in [1.54, 1.807) is 7.05 Å². The van der Waals surface area contributed by atoms with Gasteiger partial charge in [0.25, 0.3) is 0 Å². The van der Waals surface area contributed by atoms with Crippen LogP contribution < -0.4 is 15.4 Å². The quantitative estimate of drug-likeness (QED) is 0.627. The Labute approximate surface area is 121 Å². The molecule has 1 aliphatic carbocycles. The van der Waals surface area contributed by atoms with Crippen LogP contribution in [0, 0.1) is 11.7 Å². The van der Waals surface area contributed by atoms with Crippen LogP contribution >= 0.6 is 0 Å². The highest BCUT2D eigenvalue weighted by Crippen LogP contribution is 2.27. The highest BCUT2D eigenvalue weighted by molar-refractivity contribution is 5.79. The van der Waals surface area contributed by atoms with Gasteiger partial charge in [0, 0.05) is 25.7 Å². The Morgan fingerprint density at radius 2 is 2.14 bits per heavy atom. The molecule has 0 radical (unpaired) electrons. The Morgan fingerprint density at radius 3 is 2.76 bits per heavy atom. The number of halogens is 3. The van der Waals surface area contributed by atoms with Crippen LogP contribution in [0.2, 0.25) is 0 Å². The van der Waals surface area contributed by atoms with Gasteiger partial charge in [-0.25, -0.2) is 4.39 Å². The SMILES string of the molecule is CN=C(NCc1c(F)cccc1OC(F)F)NCC1CC1. The van der Waals surface area contributed by atoms with E-state index in [1.165, 1.54) is 31.0 Å². The smallest absolute Gasteiger partial charge is 0.387 e. The minimum absolute atomic E-state index is 0.0130. The van der Waals surface area contributed by atoms with Gasteiger partial charge < -0.3 is 15.4 Å². The monoisotopic (exact) mass is 301 g/mol. The van der Waals surface area contributed by atoms with Crippen LogP contribution in [0.5, 0.6) is 5.75 Å². The third-order valence-electron chi connectivity index (χ3n) is 3.20. The van der Waals surface area contributed by atoms with E-state index in [0.29, 0.717) is 11.9 Å². The lowest BCUT2D eigenvalue weighted by Crippen LogP contribution is -2.38. The van der Waals surface area contributed by atoms with Gasteiger partial charge in [-0.15, -0.1) is 0 Å². The maximum Gasteiger partial charge on any atom is 0.387 e. The first-order valence-corrected chi connectivity index (χ1v) is 6.77. The zero-order chi connectivity index (χ0) is 15.2. The van der Waals surface area contributed by atoms with Gasteiger partial charge in [-0.1, -0.05) is 6.07 Å². The number of hydrogen-bond donors (Lipinski definition) is 2. The predicted octanol–water partition coefficient (Wildman–Crippen LogP) is 2.50. The minimum Gasteiger partial charge on any atom is -0.434 e. The summed E-state index contributed by atoms with van der Waals surface area (Å²) < 4.78 is 42.7. The molecule has 0 unspecified atom stereocenters. The molecule has 4 nitrogen and oxygen atoms in total. The molecule has 1 aliphatic rings. The van der Waals surface area contributed by atoms with Gasteiger partial charge in [-0.3, -0.25) is 4.99 Å². The number of hydrogen-bond acceptors (Lipinski definition) is 2. The molecule has 1 saturated carbocycles. The molecule has 21 heavy (non-hydrogen) atoms. The minimum atomic E-state index is -2.99. The van der Waals surface area contributed by atoms with Crippen LogP contribution in [0.25, 0.3) is 0 Å². The zero-order valence-corrected chi connectivity index (χ0v) is 11.7. The normalized spacial score (nSPS) is 15.2. The summed E-state index contributed by atoms with van der Waals surface area (Å²) in [6.45, 7) is -2.17. The Kier molecular flexibility index (Phi) is 5.30. The molecule has 2 N–H and O–H groups in total. The average molecular weight is 301 g/mol. The molecule has 116 valence electrons. The van der Waals surface area contributed by atoms with Crippen LogP contribution in [0.1, 0.15) is 18.4 Å². The van der Waals surface area contributed by atoms with Crippen molar-refractivity contribution in [2.45, 2.75) is 26.0 Å². The van der Waals surface area contributed by atoms with E-state index in [0.717, 1.165) is 6.54 Å². The number of alkyl halides is 2. The second-order valence-electron chi connectivity index (χ2n) is 4.85. The summed E-state index contributed by atoms with van der Waals surface area (Å²) in [5.41, 5.74) is 0.0483. The first kappa shape index (κ1) is 15.5. The molecule has 0 amide bonds. The van der Waals surface area contributed by atoms with Crippen LogP contribution in [-0.2, 0) is 6.54 Å². The zero-order valence-electron chi connectivity index (χ0n) is 11.7. The molecule has 0 aromatic heterocycles. The van der Waals surface area contributed by atoms with Crippen molar-refractivity contribution in [3.63, 3.8) is 0 Å². The average Bonchev–Trinajstić information content (AvgIpc) is 3.25. The summed E-state index contributed by atoms with van der Waals surface area (Å²) in [5, 5.41) is 6.01. The van der Waals surface area contributed by atoms with E-state index in [-0.39, 0.29) is 17.9 Å². The number of guanidine groups is 1. The van der Waals surface area contributed by atoms with Gasteiger partial charge in [0.05, 0.1) is 0 Å². The fraction of sp³-hybridized carbons (Fsp3) is 0.500. The van der Waals surface area contributed by atoms with Crippen LogP contribution in [0.3, 0.4) is 0 Å². The largest absolute Gasteiger partial charge is 0.434 e. The molecule has 0 atom stereocenters. The lowest BCUT2D eigenvalue weighted by molar-refractivity contribution is -0.0506. The fourth-order valence-electron chi connectivity index (χ4n) is 1.87. The number of nitrogens with zero attached hydrogens (tertiary/aromatic N) is 1. The molecule has 0 heterocycles. The van der Waals surface area contributed by atoms with Crippen molar-refractivity contribution in [1.82, 2.24) is 10.6 Å². The summed E-state index contributed by atoms with van der Waals surface area (Å²) in [6.07, 6.45) is 2.40. The van der Waals surface area contributed by atoms with Crippen molar-refractivity contribution in [3.05, 3.63) is 29.6 Å². The van der Waals surface area contributed by atoms with E-state index in [9.17, 15) is 13.2 Å². The van der Waals surface area contributed by atoms with Crippen LogP contribution in [0.15, 0.2) is 23.2 Å². The van der Waals surface area contributed by atoms with E-state index in [2.05, 4.69) is 20.4 Å². The third kappa shape index (κ3) is 4.84. The van der Waals surface area contributed by atoms with Gasteiger partial charge in [0.2, 0.25) is 0 Å². The molecule has 1 aromatic rings. The standard InChI is InChI=1S/C14H18F3N3O/c1-18-14(19-7-9-5-6-9)20-8-10-11(15)3-2-4-12(10)21-13(16)17/h2-4,9,13H,5-8H2,1H3,(H2,18,19,20). The molecule has 7 heteroatoms. The topological polar surface area (TPSA) is 45.7 Å². The van der Waals surface area contributed by atoms with E-state index >= 15 is 0 Å². The molecular formula is C14H18F3N3O. The molecule has 1 aromatic carbocycles. The molecular weight excluding hydrogens is 283 g/mol. The van der Waals surface area contributed by atoms with Gasteiger partial charge in [0.15, 0.2) is 5.96 Å². The summed E-state index contributed by atoms with van der Waals surface area (Å²) in [7, 11) is 1.60. The first-order chi connectivity index (χ1) is 10.1. The molecule has 0 aliphatic heterocycles. The maximum absolute atomic E-state index is 13.8. The molecule has 0 saturated heterocycles. The Morgan fingerprint density at radius 1 is 1.38 bits per heavy atom. The number of ether oxygens (including phenoxy) is 1. The Hall–Kier alpha value is -1.92. The van der Waals surface area contributed by atoms with Crippen molar-refractivity contribution in [1.29, 1.82) is 0 Å². The summed E-state index contributed by atoms with van der Waals surface area (Å²) >= 11 is 0. The van der Waals surface area contributed by atoms with Crippen molar-refractivity contribution in [3.8, 4) is 5.75 Å². The lowest BCUT2D eigenvalue weighted by Gasteiger charge is -2.15. The van der Waals surface area contributed by atoms with E-state index < -0.39 is 12.4 Å². The third-order valence-corrected chi connectivity index (χ3v) is 3.20. The number of aliphatic imine (C=N–C) groups is 1. The van der Waals surface area contributed by atoms with Gasteiger partial charge in [-0.2, -0.15) is 8.78 Å². The fourth-order valence-corrected chi connectivity index (χ4v) is 1.87. The van der Waals surface area contributed by atoms with Crippen LogP contribution in [-0.4, -0.2) is 26.2 Å². The van der Waals surface area contributed by atoms with Crippen LogP contribution in [0.4, 0.5) is 13.2 Å². The van der Waals surface area contributed by atoms with E-state index in [4.69, 9.17) is 0 Å².